The molecule has 0 saturated heterocycles. The molecule has 1 N–H and O–H groups in total. The van der Waals surface area contributed by atoms with Crippen molar-refractivity contribution in [2.75, 3.05) is 0 Å². The highest BCUT2D eigenvalue weighted by Gasteiger charge is 2.30. The van der Waals surface area contributed by atoms with Gasteiger partial charge in [-0.1, -0.05) is 42.1 Å². The minimum atomic E-state index is -0.186. The molecule has 1 fully saturated rings. The maximum Gasteiger partial charge on any atom is 0.233 e. The third kappa shape index (κ3) is 4.84. The van der Waals surface area contributed by atoms with Crippen LogP contribution in [0.25, 0.3) is 0 Å². The lowest BCUT2D eigenvalue weighted by Crippen LogP contribution is -2.38. The number of carbonyl (C=O) groups is 1. The Kier molecular flexibility index (Phi) is 5.78. The minimum absolute atomic E-state index is 0.0570. The Labute approximate surface area is 153 Å². The van der Waals surface area contributed by atoms with E-state index < -0.39 is 0 Å². The second kappa shape index (κ2) is 8.04. The number of rotatable bonds is 8. The molecule has 1 heterocycles. The lowest BCUT2D eigenvalue weighted by Gasteiger charge is -2.17. The predicted octanol–water partition coefficient (Wildman–Crippen LogP) is 3.31. The lowest BCUT2D eigenvalue weighted by atomic mass is 10.1. The number of carbonyl (C=O) groups excluding carboxylic acids is 1. The van der Waals surface area contributed by atoms with Crippen LogP contribution in [0.4, 0.5) is 0 Å². The molecule has 2 aromatic rings. The second-order valence-corrected chi connectivity index (χ2v) is 8.18. The predicted molar refractivity (Wildman–Crippen MR) is 101 cm³/mol. The number of amides is 1. The van der Waals surface area contributed by atoms with E-state index in [9.17, 15) is 4.79 Å². The van der Waals surface area contributed by atoms with Crippen LogP contribution < -0.4 is 5.32 Å². The topological polar surface area (TPSA) is 59.8 Å². The number of nitrogens with zero attached hydrogens (tertiary/aromatic N) is 3. The van der Waals surface area contributed by atoms with E-state index in [1.54, 1.807) is 0 Å². The van der Waals surface area contributed by atoms with Crippen molar-refractivity contribution >= 4 is 17.7 Å². The average molecular weight is 359 g/mol. The fraction of sp³-hybridized carbons (Fsp3) is 0.526. The van der Waals surface area contributed by atoms with Crippen LogP contribution in [0.2, 0.25) is 0 Å². The van der Waals surface area contributed by atoms with Crippen molar-refractivity contribution in [2.45, 2.75) is 61.9 Å². The molecule has 0 radical (unpaired) electrons. The zero-order chi connectivity index (χ0) is 17.8. The zero-order valence-corrected chi connectivity index (χ0v) is 15.9. The molecule has 1 aromatic carbocycles. The van der Waals surface area contributed by atoms with Gasteiger partial charge in [0.15, 0.2) is 5.16 Å². The Bertz CT molecular complexity index is 711. The van der Waals surface area contributed by atoms with Crippen molar-refractivity contribution in [1.29, 1.82) is 0 Å². The van der Waals surface area contributed by atoms with Crippen molar-refractivity contribution in [3.05, 3.63) is 41.7 Å². The third-order valence-corrected chi connectivity index (χ3v) is 5.69. The highest BCUT2D eigenvalue weighted by molar-refractivity contribution is 8.00. The number of aromatic nitrogens is 3. The summed E-state index contributed by atoms with van der Waals surface area (Å²) >= 11 is 1.48. The van der Waals surface area contributed by atoms with Crippen LogP contribution in [0.5, 0.6) is 0 Å². The normalized spacial score (nSPS) is 16.4. The molecular formula is C19H26N4OS. The quantitative estimate of drug-likeness (QED) is 0.736. The number of hydrogen-bond donors (Lipinski definition) is 1. The van der Waals surface area contributed by atoms with Crippen molar-refractivity contribution in [3.8, 4) is 0 Å². The molecule has 1 aliphatic carbocycles. The lowest BCUT2D eigenvalue weighted by molar-refractivity contribution is -0.120. The highest BCUT2D eigenvalue weighted by atomic mass is 32.2. The van der Waals surface area contributed by atoms with Crippen molar-refractivity contribution in [2.24, 2.45) is 7.05 Å². The zero-order valence-electron chi connectivity index (χ0n) is 15.1. The van der Waals surface area contributed by atoms with Crippen LogP contribution in [0, 0.1) is 0 Å². The van der Waals surface area contributed by atoms with E-state index in [0.29, 0.717) is 5.92 Å². The number of thioether (sulfide) groups is 1. The summed E-state index contributed by atoms with van der Waals surface area (Å²) in [6.45, 7) is 3.99. The molecular weight excluding hydrogens is 332 g/mol. The van der Waals surface area contributed by atoms with Gasteiger partial charge < -0.3 is 9.88 Å². The summed E-state index contributed by atoms with van der Waals surface area (Å²) in [4.78, 5) is 12.4. The molecule has 6 heteroatoms. The molecule has 0 unspecified atom stereocenters. The molecule has 134 valence electrons. The Balaban J connectivity index is 1.47. The molecule has 1 aromatic heterocycles. The average Bonchev–Trinajstić information content (AvgIpc) is 3.39. The van der Waals surface area contributed by atoms with Gasteiger partial charge in [0.1, 0.15) is 5.82 Å². The van der Waals surface area contributed by atoms with Gasteiger partial charge in [0.2, 0.25) is 5.91 Å². The smallest absolute Gasteiger partial charge is 0.233 e. The van der Waals surface area contributed by atoms with Gasteiger partial charge in [0.25, 0.3) is 0 Å². The molecule has 1 aliphatic rings. The standard InChI is InChI=1S/C19H26N4OS/c1-13(9-10-15-7-5-4-6-8-15)20-18(24)14(2)25-19-22-21-17(23(19)3)16-11-12-16/h4-8,13-14,16H,9-12H2,1-3H3,(H,20,24)/t13-,14-/m1/s1. The van der Waals surface area contributed by atoms with E-state index in [0.717, 1.165) is 23.8 Å². The summed E-state index contributed by atoms with van der Waals surface area (Å²) in [6, 6.07) is 10.5. The van der Waals surface area contributed by atoms with Gasteiger partial charge in [-0.2, -0.15) is 0 Å². The summed E-state index contributed by atoms with van der Waals surface area (Å²) in [5.74, 6) is 1.67. The van der Waals surface area contributed by atoms with Crippen LogP contribution in [0.3, 0.4) is 0 Å². The Morgan fingerprint density at radius 1 is 1.28 bits per heavy atom. The first-order chi connectivity index (χ1) is 12.0. The van der Waals surface area contributed by atoms with Crippen molar-refractivity contribution < 1.29 is 4.79 Å². The first-order valence-electron chi connectivity index (χ1n) is 8.95. The van der Waals surface area contributed by atoms with Gasteiger partial charge in [-0.25, -0.2) is 0 Å². The maximum atomic E-state index is 12.4. The highest BCUT2D eigenvalue weighted by Crippen LogP contribution is 2.39. The summed E-state index contributed by atoms with van der Waals surface area (Å²) < 4.78 is 2.03. The summed E-state index contributed by atoms with van der Waals surface area (Å²) in [7, 11) is 1.99. The van der Waals surface area contributed by atoms with Gasteiger partial charge in [-0.15, -0.1) is 10.2 Å². The van der Waals surface area contributed by atoms with Gasteiger partial charge in [0.05, 0.1) is 5.25 Å². The number of benzene rings is 1. The molecule has 0 bridgehead atoms. The fourth-order valence-electron chi connectivity index (χ4n) is 2.80. The van der Waals surface area contributed by atoms with Gasteiger partial charge in [-0.05, 0) is 45.1 Å². The molecule has 5 nitrogen and oxygen atoms in total. The number of aryl methyl sites for hydroxylation is 1. The first-order valence-corrected chi connectivity index (χ1v) is 9.82. The SMILES string of the molecule is C[C@H](CCc1ccccc1)NC(=O)[C@@H](C)Sc1nnc(C2CC2)n1C. The number of nitrogens with one attached hydrogen (secondary N) is 1. The van der Waals surface area contributed by atoms with E-state index in [2.05, 4.69) is 34.6 Å². The van der Waals surface area contributed by atoms with Crippen molar-refractivity contribution in [3.63, 3.8) is 0 Å². The molecule has 25 heavy (non-hydrogen) atoms. The van der Waals surface area contributed by atoms with E-state index in [1.165, 1.54) is 30.2 Å². The van der Waals surface area contributed by atoms with Crippen molar-refractivity contribution in [1.82, 2.24) is 20.1 Å². The van der Waals surface area contributed by atoms with E-state index in [4.69, 9.17) is 0 Å². The molecule has 2 atom stereocenters. The molecule has 1 amide bonds. The number of hydrogen-bond acceptors (Lipinski definition) is 4. The van der Waals surface area contributed by atoms with Gasteiger partial charge in [0, 0.05) is 19.0 Å². The van der Waals surface area contributed by atoms with E-state index in [1.807, 2.05) is 36.7 Å². The summed E-state index contributed by atoms with van der Waals surface area (Å²) in [5, 5.41) is 12.3. The van der Waals surface area contributed by atoms with Crippen LogP contribution in [0.15, 0.2) is 35.5 Å². The second-order valence-electron chi connectivity index (χ2n) is 6.87. The first kappa shape index (κ1) is 18.0. The Morgan fingerprint density at radius 3 is 2.68 bits per heavy atom. The fourth-order valence-corrected chi connectivity index (χ4v) is 3.63. The largest absolute Gasteiger partial charge is 0.353 e. The maximum absolute atomic E-state index is 12.4. The van der Waals surface area contributed by atoms with Crippen LogP contribution in [-0.2, 0) is 18.3 Å². The van der Waals surface area contributed by atoms with Crippen LogP contribution >= 0.6 is 11.8 Å². The minimum Gasteiger partial charge on any atom is -0.353 e. The molecule has 0 spiro atoms. The summed E-state index contributed by atoms with van der Waals surface area (Å²) in [5.41, 5.74) is 1.30. The van der Waals surface area contributed by atoms with Crippen LogP contribution in [0.1, 0.15) is 50.4 Å². The third-order valence-electron chi connectivity index (χ3n) is 4.56. The molecule has 0 aliphatic heterocycles. The molecule has 3 rings (SSSR count). The van der Waals surface area contributed by atoms with Gasteiger partial charge >= 0.3 is 0 Å². The van der Waals surface area contributed by atoms with E-state index >= 15 is 0 Å². The van der Waals surface area contributed by atoms with Gasteiger partial charge in [-0.3, -0.25) is 4.79 Å². The Hall–Kier alpha value is -1.82. The Morgan fingerprint density at radius 2 is 2.00 bits per heavy atom. The summed E-state index contributed by atoms with van der Waals surface area (Å²) in [6.07, 6.45) is 4.30. The molecule has 1 saturated carbocycles. The van der Waals surface area contributed by atoms with Crippen LogP contribution in [-0.4, -0.2) is 32.0 Å². The monoisotopic (exact) mass is 358 g/mol. The van der Waals surface area contributed by atoms with E-state index in [-0.39, 0.29) is 17.2 Å².